The molecule has 6 heteroatoms. The van der Waals surface area contributed by atoms with Crippen LogP contribution >= 0.6 is 0 Å². The van der Waals surface area contributed by atoms with Crippen molar-refractivity contribution in [1.82, 2.24) is 4.90 Å². The molecule has 1 N–H and O–H groups in total. The predicted molar refractivity (Wildman–Crippen MR) is 132 cm³/mol. The van der Waals surface area contributed by atoms with E-state index in [1.807, 2.05) is 48.5 Å². The first kappa shape index (κ1) is 23.5. The smallest absolute Gasteiger partial charge is 0.262 e. The van der Waals surface area contributed by atoms with Gasteiger partial charge in [0.05, 0.1) is 12.1 Å². The first-order valence-electron chi connectivity index (χ1n) is 11.4. The van der Waals surface area contributed by atoms with E-state index < -0.39 is 0 Å². The molecule has 3 aromatic carbocycles. The molecule has 34 heavy (non-hydrogen) atoms. The highest BCUT2D eigenvalue weighted by Crippen LogP contribution is 2.40. The maximum Gasteiger partial charge on any atom is 0.262 e. The van der Waals surface area contributed by atoms with E-state index in [1.54, 1.807) is 12.1 Å². The molecule has 1 aliphatic rings. The summed E-state index contributed by atoms with van der Waals surface area (Å²) in [7, 11) is 0. The van der Waals surface area contributed by atoms with Gasteiger partial charge in [0.15, 0.2) is 18.1 Å². The summed E-state index contributed by atoms with van der Waals surface area (Å²) in [4.78, 5) is 27.7. The summed E-state index contributed by atoms with van der Waals surface area (Å²) in [6.45, 7) is 7.34. The lowest BCUT2D eigenvalue weighted by Gasteiger charge is -2.35. The Morgan fingerprint density at radius 3 is 2.26 bits per heavy atom. The minimum atomic E-state index is -0.276. The van der Waals surface area contributed by atoms with Crippen LogP contribution in [0.25, 0.3) is 0 Å². The Balaban J connectivity index is 1.58. The van der Waals surface area contributed by atoms with E-state index in [4.69, 9.17) is 9.47 Å². The van der Waals surface area contributed by atoms with Crippen molar-refractivity contribution in [2.24, 2.45) is 0 Å². The Kier molecular flexibility index (Phi) is 6.98. The lowest BCUT2D eigenvalue weighted by molar-refractivity contribution is -0.118. The van der Waals surface area contributed by atoms with Gasteiger partial charge in [-0.2, -0.15) is 0 Å². The van der Waals surface area contributed by atoms with Crippen molar-refractivity contribution in [3.8, 4) is 11.5 Å². The Hall–Kier alpha value is -3.64. The third-order valence-corrected chi connectivity index (χ3v) is 5.77. The van der Waals surface area contributed by atoms with E-state index in [2.05, 4.69) is 43.1 Å². The number of rotatable bonds is 8. The molecule has 0 spiro atoms. The number of ketones is 1. The number of nitrogens with one attached hydrogen (secondary N) is 1. The van der Waals surface area contributed by atoms with Crippen molar-refractivity contribution in [3.63, 3.8) is 0 Å². The lowest BCUT2D eigenvalue weighted by Crippen LogP contribution is -2.44. The van der Waals surface area contributed by atoms with E-state index in [-0.39, 0.29) is 30.4 Å². The van der Waals surface area contributed by atoms with Crippen LogP contribution < -0.4 is 14.8 Å². The molecule has 3 aromatic rings. The fourth-order valence-electron chi connectivity index (χ4n) is 3.81. The van der Waals surface area contributed by atoms with Crippen LogP contribution in [0.3, 0.4) is 0 Å². The maximum atomic E-state index is 13.5. The first-order valence-corrected chi connectivity index (χ1v) is 11.4. The molecule has 0 unspecified atom stereocenters. The van der Waals surface area contributed by atoms with Gasteiger partial charge in [-0.1, -0.05) is 60.7 Å². The molecule has 176 valence electrons. The zero-order valence-corrected chi connectivity index (χ0v) is 19.8. The van der Waals surface area contributed by atoms with Gasteiger partial charge in [0.1, 0.15) is 18.0 Å². The number of carbonyl (C=O) groups excluding carboxylic acids is 2. The van der Waals surface area contributed by atoms with Gasteiger partial charge in [0.25, 0.3) is 5.91 Å². The number of hydrogen-bond acceptors (Lipinski definition) is 5. The number of anilines is 1. The van der Waals surface area contributed by atoms with Crippen molar-refractivity contribution >= 4 is 17.4 Å². The highest BCUT2D eigenvalue weighted by atomic mass is 16.5. The van der Waals surface area contributed by atoms with Crippen LogP contribution in [0.15, 0.2) is 72.8 Å². The van der Waals surface area contributed by atoms with Crippen LogP contribution in [0.2, 0.25) is 0 Å². The summed E-state index contributed by atoms with van der Waals surface area (Å²) in [6, 6.07) is 23.3. The number of carbonyl (C=O) groups is 2. The number of hydrogen-bond donors (Lipinski definition) is 1. The normalized spacial score (nSPS) is 13.1. The molecule has 0 fully saturated rings. The van der Waals surface area contributed by atoms with Crippen LogP contribution in [0.4, 0.5) is 5.69 Å². The molecule has 0 radical (unpaired) electrons. The number of ether oxygens (including phenoxy) is 2. The van der Waals surface area contributed by atoms with Gasteiger partial charge in [-0.15, -0.1) is 0 Å². The number of amides is 1. The van der Waals surface area contributed by atoms with Crippen LogP contribution in [-0.2, 0) is 17.9 Å². The highest BCUT2D eigenvalue weighted by Gasteiger charge is 2.29. The molecule has 0 aromatic heterocycles. The number of Topliss-reactive ketones (excluding diaryl/α,β-unsaturated/α-hetero) is 1. The molecular weight excluding hydrogens is 428 g/mol. The summed E-state index contributed by atoms with van der Waals surface area (Å²) < 4.78 is 11.7. The Labute approximate surface area is 200 Å². The summed E-state index contributed by atoms with van der Waals surface area (Å²) >= 11 is 0. The fourth-order valence-corrected chi connectivity index (χ4v) is 3.81. The van der Waals surface area contributed by atoms with Gasteiger partial charge in [-0.05, 0) is 44.0 Å². The molecule has 1 aliphatic heterocycles. The first-order chi connectivity index (χ1) is 16.3. The summed E-state index contributed by atoms with van der Waals surface area (Å²) in [5.74, 6) is 0.485. The minimum Gasteiger partial charge on any atom is -0.487 e. The number of benzene rings is 3. The molecule has 1 amide bonds. The second-order valence-electron chi connectivity index (χ2n) is 9.36. The van der Waals surface area contributed by atoms with Crippen LogP contribution in [0.5, 0.6) is 11.5 Å². The maximum absolute atomic E-state index is 13.5. The standard InChI is InChI=1S/C28H30N2O4/c1-28(2,3)30(16-20-10-6-4-7-11-20)17-23(31)22-14-15-24(26-27(22)34-19-25(32)29-26)33-18-21-12-8-5-9-13-21/h4-15H,16-19H2,1-3H3,(H,29,32). The fraction of sp³-hybridized carbons (Fsp3) is 0.286. The van der Waals surface area contributed by atoms with E-state index in [1.165, 1.54) is 0 Å². The molecule has 0 aliphatic carbocycles. The van der Waals surface area contributed by atoms with Gasteiger partial charge in [-0.25, -0.2) is 0 Å². The van der Waals surface area contributed by atoms with E-state index in [0.29, 0.717) is 35.9 Å². The van der Waals surface area contributed by atoms with Crippen molar-refractivity contribution in [1.29, 1.82) is 0 Å². The zero-order valence-electron chi connectivity index (χ0n) is 19.8. The Morgan fingerprint density at radius 1 is 0.971 bits per heavy atom. The van der Waals surface area contributed by atoms with Crippen LogP contribution in [0.1, 0.15) is 42.3 Å². The Bertz CT molecular complexity index is 1150. The van der Waals surface area contributed by atoms with Gasteiger partial charge < -0.3 is 14.8 Å². The van der Waals surface area contributed by atoms with Gasteiger partial charge in [0, 0.05) is 12.1 Å². The van der Waals surface area contributed by atoms with Gasteiger partial charge in [0.2, 0.25) is 0 Å². The van der Waals surface area contributed by atoms with Gasteiger partial charge >= 0.3 is 0 Å². The molecule has 1 heterocycles. The second-order valence-corrected chi connectivity index (χ2v) is 9.36. The number of fused-ring (bicyclic) bond motifs is 1. The monoisotopic (exact) mass is 458 g/mol. The van der Waals surface area contributed by atoms with Crippen LogP contribution in [-0.4, -0.2) is 35.3 Å². The van der Waals surface area contributed by atoms with Crippen molar-refractivity contribution in [2.45, 2.75) is 39.5 Å². The van der Waals surface area contributed by atoms with E-state index in [9.17, 15) is 9.59 Å². The van der Waals surface area contributed by atoms with Crippen molar-refractivity contribution in [3.05, 3.63) is 89.5 Å². The molecule has 4 rings (SSSR count). The topological polar surface area (TPSA) is 67.9 Å². The quantitative estimate of drug-likeness (QED) is 0.477. The highest BCUT2D eigenvalue weighted by molar-refractivity contribution is 6.06. The molecule has 0 bridgehead atoms. The lowest BCUT2D eigenvalue weighted by atomic mass is 10.0. The molecule has 6 nitrogen and oxygen atoms in total. The summed E-state index contributed by atoms with van der Waals surface area (Å²) in [6.07, 6.45) is 0. The third kappa shape index (κ3) is 5.64. The van der Waals surface area contributed by atoms with Crippen molar-refractivity contribution in [2.75, 3.05) is 18.5 Å². The minimum absolute atomic E-state index is 0.0761. The molecule has 0 atom stereocenters. The molecule has 0 saturated carbocycles. The molecular formula is C28H30N2O4. The Morgan fingerprint density at radius 2 is 1.62 bits per heavy atom. The van der Waals surface area contributed by atoms with Crippen LogP contribution in [0, 0.1) is 0 Å². The average Bonchev–Trinajstić information content (AvgIpc) is 2.82. The van der Waals surface area contributed by atoms with E-state index in [0.717, 1.165) is 11.1 Å². The van der Waals surface area contributed by atoms with E-state index >= 15 is 0 Å². The summed E-state index contributed by atoms with van der Waals surface area (Å²) in [5.41, 5.74) is 2.76. The van der Waals surface area contributed by atoms with Gasteiger partial charge in [-0.3, -0.25) is 14.5 Å². The largest absolute Gasteiger partial charge is 0.487 e. The SMILES string of the molecule is CC(C)(C)N(CC(=O)c1ccc(OCc2ccccc2)c2c1OCC(=O)N2)Cc1ccccc1. The van der Waals surface area contributed by atoms with Crippen molar-refractivity contribution < 1.29 is 19.1 Å². The number of nitrogens with zero attached hydrogens (tertiary/aromatic N) is 1. The third-order valence-electron chi connectivity index (χ3n) is 5.77. The summed E-state index contributed by atoms with van der Waals surface area (Å²) in [5, 5.41) is 2.83. The molecule has 0 saturated heterocycles. The average molecular weight is 459 g/mol. The zero-order chi connectivity index (χ0) is 24.1. The second kappa shape index (κ2) is 10.1. The predicted octanol–water partition coefficient (Wildman–Crippen LogP) is 5.08.